The number of benzene rings is 1. The molecule has 0 spiro atoms. The molecule has 0 radical (unpaired) electrons. The fraction of sp³-hybridized carbons (Fsp3) is 0.476. The topological polar surface area (TPSA) is 94.4 Å². The summed E-state index contributed by atoms with van der Waals surface area (Å²) in [6, 6.07) is 7.67. The van der Waals surface area contributed by atoms with Gasteiger partial charge in [0, 0.05) is 19.6 Å². The highest BCUT2D eigenvalue weighted by atomic mass is 32.2. The molecule has 3 rings (SSSR count). The standard InChI is InChI=1S/C21H28N4O4S2/c1-4-11-25-19(13-29-18-8-6-16(5-2)7-9-18)22-23-21(25)30-14-20(26)24(3)17-10-12-31(27,28)15-17/h4,6-9,17H,1,5,10-15H2,2-3H3/t17-/m1/s1. The van der Waals surface area contributed by atoms with Crippen LogP contribution in [0, 0.1) is 0 Å². The molecule has 0 bridgehead atoms. The molecule has 168 valence electrons. The smallest absolute Gasteiger partial charge is 0.233 e. The lowest BCUT2D eigenvalue weighted by Gasteiger charge is -2.23. The van der Waals surface area contributed by atoms with Gasteiger partial charge in [-0.1, -0.05) is 36.9 Å². The lowest BCUT2D eigenvalue weighted by Crippen LogP contribution is -2.38. The second-order valence-corrected chi connectivity index (χ2v) is 10.6. The second-order valence-electron chi connectivity index (χ2n) is 7.43. The van der Waals surface area contributed by atoms with Gasteiger partial charge in [-0.2, -0.15) is 0 Å². The second kappa shape index (κ2) is 10.3. The number of carbonyl (C=O) groups excluding carboxylic acids is 1. The van der Waals surface area contributed by atoms with Gasteiger partial charge >= 0.3 is 0 Å². The Hall–Kier alpha value is -2.33. The monoisotopic (exact) mass is 464 g/mol. The number of aryl methyl sites for hydroxylation is 1. The van der Waals surface area contributed by atoms with Crippen molar-refractivity contribution >= 4 is 27.5 Å². The first-order valence-electron chi connectivity index (χ1n) is 10.2. The molecule has 1 aromatic carbocycles. The maximum atomic E-state index is 12.6. The summed E-state index contributed by atoms with van der Waals surface area (Å²) >= 11 is 1.27. The van der Waals surface area contributed by atoms with Crippen molar-refractivity contribution in [1.82, 2.24) is 19.7 Å². The van der Waals surface area contributed by atoms with Crippen LogP contribution in [0.15, 0.2) is 42.1 Å². The zero-order valence-corrected chi connectivity index (χ0v) is 19.5. The van der Waals surface area contributed by atoms with Crippen LogP contribution in [0.4, 0.5) is 0 Å². The van der Waals surface area contributed by atoms with Crippen molar-refractivity contribution in [3.63, 3.8) is 0 Å². The molecule has 1 aromatic heterocycles. The summed E-state index contributed by atoms with van der Waals surface area (Å²) in [4.78, 5) is 14.1. The van der Waals surface area contributed by atoms with Crippen LogP contribution in [0.1, 0.15) is 24.7 Å². The van der Waals surface area contributed by atoms with Gasteiger partial charge < -0.3 is 9.64 Å². The molecular weight excluding hydrogens is 436 g/mol. The highest BCUT2D eigenvalue weighted by Gasteiger charge is 2.32. The van der Waals surface area contributed by atoms with Crippen LogP contribution in [0.25, 0.3) is 0 Å². The number of sulfone groups is 1. The van der Waals surface area contributed by atoms with E-state index in [1.54, 1.807) is 13.1 Å². The summed E-state index contributed by atoms with van der Waals surface area (Å²) in [5, 5.41) is 9.02. The summed E-state index contributed by atoms with van der Waals surface area (Å²) in [5.41, 5.74) is 1.24. The molecule has 0 saturated carbocycles. The van der Waals surface area contributed by atoms with Gasteiger partial charge in [0.25, 0.3) is 0 Å². The minimum absolute atomic E-state index is 0.0350. The van der Waals surface area contributed by atoms with Gasteiger partial charge in [-0.3, -0.25) is 9.36 Å². The van der Waals surface area contributed by atoms with Gasteiger partial charge in [0.15, 0.2) is 20.8 Å². The van der Waals surface area contributed by atoms with E-state index in [9.17, 15) is 13.2 Å². The minimum atomic E-state index is -3.04. The van der Waals surface area contributed by atoms with E-state index >= 15 is 0 Å². The van der Waals surface area contributed by atoms with E-state index in [4.69, 9.17) is 4.74 Å². The van der Waals surface area contributed by atoms with E-state index < -0.39 is 9.84 Å². The first-order chi connectivity index (χ1) is 14.8. The van der Waals surface area contributed by atoms with Gasteiger partial charge in [-0.25, -0.2) is 8.42 Å². The lowest BCUT2D eigenvalue weighted by atomic mass is 10.2. The largest absolute Gasteiger partial charge is 0.486 e. The molecule has 1 fully saturated rings. The average Bonchev–Trinajstić information content (AvgIpc) is 3.33. The van der Waals surface area contributed by atoms with E-state index in [0.29, 0.717) is 23.9 Å². The zero-order valence-electron chi connectivity index (χ0n) is 17.9. The van der Waals surface area contributed by atoms with Crippen molar-refractivity contribution in [3.8, 4) is 5.75 Å². The summed E-state index contributed by atoms with van der Waals surface area (Å²) in [6.45, 7) is 6.63. The summed E-state index contributed by atoms with van der Waals surface area (Å²) in [7, 11) is -1.38. The van der Waals surface area contributed by atoms with Crippen molar-refractivity contribution in [3.05, 3.63) is 48.3 Å². The molecule has 0 aliphatic carbocycles. The molecule has 31 heavy (non-hydrogen) atoms. The number of hydrogen-bond acceptors (Lipinski definition) is 7. The van der Waals surface area contributed by atoms with Crippen LogP contribution in [0.2, 0.25) is 0 Å². The number of amides is 1. The fourth-order valence-electron chi connectivity index (χ4n) is 3.33. The third-order valence-electron chi connectivity index (χ3n) is 5.28. The van der Waals surface area contributed by atoms with E-state index in [0.717, 1.165) is 12.2 Å². The molecule has 1 aliphatic heterocycles. The summed E-state index contributed by atoms with van der Waals surface area (Å²) in [5.74, 6) is 1.59. The number of rotatable bonds is 10. The first kappa shape index (κ1) is 23.3. The van der Waals surface area contributed by atoms with E-state index in [-0.39, 0.29) is 35.8 Å². The Morgan fingerprint density at radius 2 is 2.10 bits per heavy atom. The summed E-state index contributed by atoms with van der Waals surface area (Å²) < 4.78 is 31.1. The Morgan fingerprint density at radius 3 is 2.71 bits per heavy atom. The number of thioether (sulfide) groups is 1. The molecule has 0 N–H and O–H groups in total. The predicted octanol–water partition coefficient (Wildman–Crippen LogP) is 2.34. The van der Waals surface area contributed by atoms with Crippen molar-refractivity contribution in [2.45, 2.75) is 44.1 Å². The Kier molecular flexibility index (Phi) is 7.77. The third kappa shape index (κ3) is 6.10. The van der Waals surface area contributed by atoms with E-state index in [1.165, 1.54) is 22.2 Å². The molecule has 1 saturated heterocycles. The molecule has 1 amide bonds. The van der Waals surface area contributed by atoms with Crippen LogP contribution < -0.4 is 4.74 Å². The van der Waals surface area contributed by atoms with Crippen LogP contribution in [-0.4, -0.2) is 64.3 Å². The maximum absolute atomic E-state index is 12.6. The van der Waals surface area contributed by atoms with Crippen LogP contribution in [0.5, 0.6) is 5.75 Å². The molecule has 1 aliphatic rings. The van der Waals surface area contributed by atoms with E-state index in [2.05, 4.69) is 23.7 Å². The van der Waals surface area contributed by atoms with Crippen molar-refractivity contribution in [1.29, 1.82) is 0 Å². The van der Waals surface area contributed by atoms with Crippen LogP contribution in [-0.2, 0) is 34.2 Å². The number of hydrogen-bond donors (Lipinski definition) is 0. The molecule has 10 heteroatoms. The molecule has 2 aromatic rings. The molecule has 8 nitrogen and oxygen atoms in total. The molecule has 0 unspecified atom stereocenters. The SMILES string of the molecule is C=CCn1c(COc2ccc(CC)cc2)nnc1SCC(=O)N(C)[C@@H]1CCS(=O)(=O)C1. The number of nitrogens with zero attached hydrogens (tertiary/aromatic N) is 4. The number of carbonyl (C=O) groups is 1. The van der Waals surface area contributed by atoms with Crippen LogP contribution in [0.3, 0.4) is 0 Å². The molecular formula is C21H28N4O4S2. The zero-order chi connectivity index (χ0) is 22.4. The van der Waals surface area contributed by atoms with Gasteiger partial charge in [0.1, 0.15) is 12.4 Å². The fourth-order valence-corrected chi connectivity index (χ4v) is 5.99. The first-order valence-corrected chi connectivity index (χ1v) is 13.0. The Labute approximate surface area is 187 Å². The number of aromatic nitrogens is 3. The van der Waals surface area contributed by atoms with Gasteiger partial charge in [-0.15, -0.1) is 16.8 Å². The Morgan fingerprint density at radius 1 is 1.35 bits per heavy atom. The van der Waals surface area contributed by atoms with Gasteiger partial charge in [-0.05, 0) is 30.5 Å². The Bertz CT molecular complexity index is 1020. The van der Waals surface area contributed by atoms with Gasteiger partial charge in [0.2, 0.25) is 5.91 Å². The Balaban J connectivity index is 1.60. The molecule has 2 heterocycles. The van der Waals surface area contributed by atoms with Crippen molar-refractivity contribution < 1.29 is 17.9 Å². The predicted molar refractivity (Wildman–Crippen MR) is 121 cm³/mol. The van der Waals surface area contributed by atoms with Gasteiger partial charge in [0.05, 0.1) is 17.3 Å². The molecule has 1 atom stereocenters. The lowest BCUT2D eigenvalue weighted by molar-refractivity contribution is -0.128. The van der Waals surface area contributed by atoms with Crippen molar-refractivity contribution in [2.75, 3.05) is 24.3 Å². The normalized spacial score (nSPS) is 17.4. The average molecular weight is 465 g/mol. The maximum Gasteiger partial charge on any atom is 0.233 e. The number of allylic oxidation sites excluding steroid dienone is 1. The quantitative estimate of drug-likeness (QED) is 0.393. The van der Waals surface area contributed by atoms with Crippen LogP contribution >= 0.6 is 11.8 Å². The summed E-state index contributed by atoms with van der Waals surface area (Å²) in [6.07, 6.45) is 3.20. The van der Waals surface area contributed by atoms with Crippen molar-refractivity contribution in [2.24, 2.45) is 0 Å². The highest BCUT2D eigenvalue weighted by Crippen LogP contribution is 2.22. The third-order valence-corrected chi connectivity index (χ3v) is 7.98. The highest BCUT2D eigenvalue weighted by molar-refractivity contribution is 7.99. The minimum Gasteiger partial charge on any atom is -0.486 e. The number of ether oxygens (including phenoxy) is 1. The van der Waals surface area contributed by atoms with E-state index in [1.807, 2.05) is 28.8 Å².